The lowest BCUT2D eigenvalue weighted by atomic mass is 10.1. The summed E-state index contributed by atoms with van der Waals surface area (Å²) in [6.07, 6.45) is 5.54. The molecule has 4 nitrogen and oxygen atoms in total. The van der Waals surface area contributed by atoms with Gasteiger partial charge in [0.15, 0.2) is 0 Å². The highest BCUT2D eigenvalue weighted by Crippen LogP contribution is 2.30. The molecule has 0 amide bonds. The maximum Gasteiger partial charge on any atom is 0.142 e. The van der Waals surface area contributed by atoms with Crippen LogP contribution in [0.5, 0.6) is 5.75 Å². The zero-order valence-electron chi connectivity index (χ0n) is 15.5. The van der Waals surface area contributed by atoms with E-state index in [1.807, 2.05) is 0 Å². The SMILES string of the molecule is COc1ccc(C)cc1N1CCN(CCCN2CCCCC2)CC1. The maximum absolute atomic E-state index is 5.55. The Balaban J connectivity index is 1.43. The number of aryl methyl sites for hydroxylation is 1. The molecule has 0 spiro atoms. The largest absolute Gasteiger partial charge is 0.495 e. The van der Waals surface area contributed by atoms with Crippen LogP contribution in [0.1, 0.15) is 31.2 Å². The molecule has 134 valence electrons. The number of likely N-dealkylation sites (tertiary alicyclic amines) is 1. The quantitative estimate of drug-likeness (QED) is 0.797. The molecule has 2 heterocycles. The van der Waals surface area contributed by atoms with Crippen LogP contribution in [0.15, 0.2) is 18.2 Å². The molecule has 0 aliphatic carbocycles. The first-order chi connectivity index (χ1) is 11.8. The molecule has 3 rings (SSSR count). The first-order valence-corrected chi connectivity index (χ1v) is 9.60. The van der Waals surface area contributed by atoms with E-state index in [4.69, 9.17) is 4.74 Å². The Morgan fingerprint density at radius 1 is 0.875 bits per heavy atom. The number of benzene rings is 1. The van der Waals surface area contributed by atoms with Crippen molar-refractivity contribution in [3.05, 3.63) is 23.8 Å². The number of piperazine rings is 1. The van der Waals surface area contributed by atoms with E-state index in [9.17, 15) is 0 Å². The second-order valence-electron chi connectivity index (χ2n) is 7.26. The van der Waals surface area contributed by atoms with Crippen molar-refractivity contribution in [2.45, 2.75) is 32.6 Å². The molecular formula is C20H33N3O. The molecule has 2 aliphatic heterocycles. The number of hydrogen-bond donors (Lipinski definition) is 0. The van der Waals surface area contributed by atoms with Gasteiger partial charge in [-0.2, -0.15) is 0 Å². The number of nitrogens with zero attached hydrogens (tertiary/aromatic N) is 3. The molecule has 4 heteroatoms. The Labute approximate surface area is 147 Å². The predicted molar refractivity (Wildman–Crippen MR) is 101 cm³/mol. The van der Waals surface area contributed by atoms with Crippen LogP contribution in [-0.4, -0.2) is 69.3 Å². The monoisotopic (exact) mass is 331 g/mol. The summed E-state index contributed by atoms with van der Waals surface area (Å²) in [6.45, 7) is 11.9. The molecule has 0 atom stereocenters. The Morgan fingerprint density at radius 2 is 1.54 bits per heavy atom. The van der Waals surface area contributed by atoms with E-state index in [1.165, 1.54) is 63.1 Å². The minimum atomic E-state index is 0.999. The van der Waals surface area contributed by atoms with Crippen molar-refractivity contribution in [1.29, 1.82) is 0 Å². The minimum absolute atomic E-state index is 0.999. The first-order valence-electron chi connectivity index (χ1n) is 9.60. The van der Waals surface area contributed by atoms with E-state index in [-0.39, 0.29) is 0 Å². The minimum Gasteiger partial charge on any atom is -0.495 e. The van der Waals surface area contributed by atoms with Gasteiger partial charge in [0.05, 0.1) is 12.8 Å². The number of hydrogen-bond acceptors (Lipinski definition) is 4. The van der Waals surface area contributed by atoms with E-state index in [2.05, 4.69) is 39.8 Å². The molecule has 0 bridgehead atoms. The van der Waals surface area contributed by atoms with Gasteiger partial charge >= 0.3 is 0 Å². The summed E-state index contributed by atoms with van der Waals surface area (Å²) in [5.41, 5.74) is 2.56. The average Bonchev–Trinajstić information content (AvgIpc) is 2.63. The highest BCUT2D eigenvalue weighted by Gasteiger charge is 2.20. The summed E-state index contributed by atoms with van der Waals surface area (Å²) in [4.78, 5) is 7.76. The van der Waals surface area contributed by atoms with Crippen LogP contribution in [0.25, 0.3) is 0 Å². The van der Waals surface area contributed by atoms with Gasteiger partial charge in [-0.25, -0.2) is 0 Å². The van der Waals surface area contributed by atoms with Crippen molar-refractivity contribution in [3.63, 3.8) is 0 Å². The third-order valence-corrected chi connectivity index (χ3v) is 5.44. The lowest BCUT2D eigenvalue weighted by Gasteiger charge is -2.37. The molecule has 0 unspecified atom stereocenters. The Hall–Kier alpha value is -1.26. The van der Waals surface area contributed by atoms with Crippen molar-refractivity contribution in [1.82, 2.24) is 9.80 Å². The molecule has 2 saturated heterocycles. The fourth-order valence-electron chi connectivity index (χ4n) is 3.96. The van der Waals surface area contributed by atoms with E-state index < -0.39 is 0 Å². The highest BCUT2D eigenvalue weighted by molar-refractivity contribution is 5.60. The lowest BCUT2D eigenvalue weighted by molar-refractivity contribution is 0.198. The fourth-order valence-corrected chi connectivity index (χ4v) is 3.96. The summed E-state index contributed by atoms with van der Waals surface area (Å²) < 4.78 is 5.55. The summed E-state index contributed by atoms with van der Waals surface area (Å²) in [5.74, 6) is 0.999. The number of anilines is 1. The van der Waals surface area contributed by atoms with Gasteiger partial charge in [0.1, 0.15) is 5.75 Å². The second kappa shape index (κ2) is 8.72. The van der Waals surface area contributed by atoms with Gasteiger partial charge in [-0.05, 0) is 70.1 Å². The Kier molecular flexibility index (Phi) is 6.38. The Morgan fingerprint density at radius 3 is 2.21 bits per heavy atom. The third-order valence-electron chi connectivity index (χ3n) is 5.44. The van der Waals surface area contributed by atoms with Crippen LogP contribution < -0.4 is 9.64 Å². The van der Waals surface area contributed by atoms with Gasteiger partial charge in [-0.1, -0.05) is 12.5 Å². The van der Waals surface area contributed by atoms with Crippen LogP contribution in [0.4, 0.5) is 5.69 Å². The van der Waals surface area contributed by atoms with E-state index >= 15 is 0 Å². The molecule has 0 saturated carbocycles. The van der Waals surface area contributed by atoms with Gasteiger partial charge in [-0.15, -0.1) is 0 Å². The van der Waals surface area contributed by atoms with E-state index in [0.717, 1.165) is 31.9 Å². The van der Waals surface area contributed by atoms with Crippen LogP contribution in [0.2, 0.25) is 0 Å². The molecule has 1 aromatic carbocycles. The first kappa shape index (κ1) is 17.6. The van der Waals surface area contributed by atoms with Crippen molar-refractivity contribution < 1.29 is 4.74 Å². The normalized spacial score (nSPS) is 20.3. The van der Waals surface area contributed by atoms with Crippen LogP contribution in [0.3, 0.4) is 0 Å². The standard InChI is InChI=1S/C20H33N3O/c1-18-7-8-20(24-2)19(17-18)23-15-13-22(14-16-23)12-6-11-21-9-4-3-5-10-21/h7-8,17H,3-6,9-16H2,1-2H3. The van der Waals surface area contributed by atoms with Crippen LogP contribution in [-0.2, 0) is 0 Å². The predicted octanol–water partition coefficient (Wildman–Crippen LogP) is 3.00. The molecule has 0 radical (unpaired) electrons. The van der Waals surface area contributed by atoms with E-state index in [0.29, 0.717) is 0 Å². The number of rotatable bonds is 6. The lowest BCUT2D eigenvalue weighted by Crippen LogP contribution is -2.47. The summed E-state index contributed by atoms with van der Waals surface area (Å²) in [7, 11) is 1.77. The van der Waals surface area contributed by atoms with E-state index in [1.54, 1.807) is 7.11 Å². The molecule has 2 aliphatic rings. The van der Waals surface area contributed by atoms with Crippen molar-refractivity contribution in [3.8, 4) is 5.75 Å². The summed E-state index contributed by atoms with van der Waals surface area (Å²) in [6, 6.07) is 6.47. The average molecular weight is 332 g/mol. The fraction of sp³-hybridized carbons (Fsp3) is 0.700. The molecule has 0 aromatic heterocycles. The van der Waals surface area contributed by atoms with Crippen LogP contribution in [0, 0.1) is 6.92 Å². The maximum atomic E-state index is 5.55. The second-order valence-corrected chi connectivity index (χ2v) is 7.26. The van der Waals surface area contributed by atoms with Crippen molar-refractivity contribution in [2.75, 3.05) is 64.4 Å². The number of methoxy groups -OCH3 is 1. The summed E-state index contributed by atoms with van der Waals surface area (Å²) >= 11 is 0. The molecule has 1 aromatic rings. The van der Waals surface area contributed by atoms with Crippen molar-refractivity contribution >= 4 is 5.69 Å². The number of ether oxygens (including phenoxy) is 1. The van der Waals surface area contributed by atoms with Gasteiger partial charge in [0.2, 0.25) is 0 Å². The van der Waals surface area contributed by atoms with Gasteiger partial charge in [-0.3, -0.25) is 4.90 Å². The molecule has 0 N–H and O–H groups in total. The highest BCUT2D eigenvalue weighted by atomic mass is 16.5. The zero-order valence-corrected chi connectivity index (χ0v) is 15.5. The zero-order chi connectivity index (χ0) is 16.8. The van der Waals surface area contributed by atoms with Crippen LogP contribution >= 0.6 is 0 Å². The Bertz CT molecular complexity index is 506. The van der Waals surface area contributed by atoms with Gasteiger partial charge in [0.25, 0.3) is 0 Å². The van der Waals surface area contributed by atoms with Crippen molar-refractivity contribution in [2.24, 2.45) is 0 Å². The number of piperidine rings is 1. The molecule has 24 heavy (non-hydrogen) atoms. The van der Waals surface area contributed by atoms with Gasteiger partial charge in [0, 0.05) is 26.2 Å². The smallest absolute Gasteiger partial charge is 0.142 e. The topological polar surface area (TPSA) is 19.0 Å². The van der Waals surface area contributed by atoms with Gasteiger partial charge < -0.3 is 14.5 Å². The summed E-state index contributed by atoms with van der Waals surface area (Å²) in [5, 5.41) is 0. The molecular weight excluding hydrogens is 298 g/mol. The molecule has 2 fully saturated rings. The third kappa shape index (κ3) is 4.64.